The predicted molar refractivity (Wildman–Crippen MR) is 117 cm³/mol. The number of fused-ring (bicyclic) bond motifs is 1. The van der Waals surface area contributed by atoms with Gasteiger partial charge in [-0.15, -0.1) is 0 Å². The zero-order valence-corrected chi connectivity index (χ0v) is 18.0. The van der Waals surface area contributed by atoms with Gasteiger partial charge in [0.15, 0.2) is 12.5 Å². The first kappa shape index (κ1) is 20.8. The van der Waals surface area contributed by atoms with Crippen molar-refractivity contribution < 1.29 is 14.6 Å². The molecule has 0 radical (unpaired) electrons. The van der Waals surface area contributed by atoms with Crippen LogP contribution in [0.25, 0.3) is 12.3 Å². The van der Waals surface area contributed by atoms with Crippen LogP contribution in [-0.4, -0.2) is 17.6 Å². The number of phenols is 1. The number of rotatable bonds is 3. The molecule has 1 heterocycles. The van der Waals surface area contributed by atoms with Gasteiger partial charge in [0.1, 0.15) is 5.75 Å². The molecule has 0 unspecified atom stereocenters. The Balaban J connectivity index is 1.99. The standard InChI is InChI=1S/C25H29NO3/c1-24(2,3)19-11-16(12-20(23(19)28)25(4,5)6)7-10-22(27)17-8-9-18-14-29-15-26-21(18)13-17/h7-14,28H,15H2,1-6H3. The number of aromatic hydroxyl groups is 1. The zero-order chi connectivity index (χ0) is 21.4. The van der Waals surface area contributed by atoms with E-state index in [4.69, 9.17) is 4.74 Å². The quantitative estimate of drug-likeness (QED) is 0.629. The molecule has 0 bridgehead atoms. The molecule has 2 aromatic rings. The van der Waals surface area contributed by atoms with Crippen molar-refractivity contribution in [3.8, 4) is 5.75 Å². The Morgan fingerprint density at radius 2 is 1.66 bits per heavy atom. The number of ketones is 1. The van der Waals surface area contributed by atoms with Crippen molar-refractivity contribution in [1.29, 1.82) is 0 Å². The van der Waals surface area contributed by atoms with E-state index >= 15 is 0 Å². The van der Waals surface area contributed by atoms with E-state index in [-0.39, 0.29) is 23.3 Å². The van der Waals surface area contributed by atoms with Gasteiger partial charge >= 0.3 is 0 Å². The van der Waals surface area contributed by atoms with Crippen LogP contribution in [0.1, 0.15) is 68.6 Å². The first-order valence-corrected chi connectivity index (χ1v) is 9.83. The van der Waals surface area contributed by atoms with Gasteiger partial charge in [0.25, 0.3) is 0 Å². The summed E-state index contributed by atoms with van der Waals surface area (Å²) in [5, 5.41) is 12.5. The van der Waals surface area contributed by atoms with Crippen molar-refractivity contribution in [3.05, 3.63) is 69.2 Å². The Morgan fingerprint density at radius 3 is 2.24 bits per heavy atom. The second-order valence-corrected chi connectivity index (χ2v) is 9.51. The number of carbonyl (C=O) groups is 1. The van der Waals surface area contributed by atoms with E-state index in [0.717, 1.165) is 27.3 Å². The van der Waals surface area contributed by atoms with Gasteiger partial charge in [-0.2, -0.15) is 0 Å². The van der Waals surface area contributed by atoms with E-state index in [9.17, 15) is 9.90 Å². The van der Waals surface area contributed by atoms with Crippen LogP contribution >= 0.6 is 0 Å². The van der Waals surface area contributed by atoms with E-state index in [1.807, 2.05) is 24.3 Å². The molecule has 0 fully saturated rings. The number of hydrogen-bond donors (Lipinski definition) is 1. The highest BCUT2D eigenvalue weighted by Gasteiger charge is 2.26. The first-order chi connectivity index (χ1) is 13.5. The molecule has 1 aliphatic heterocycles. The smallest absolute Gasteiger partial charge is 0.185 e. The van der Waals surface area contributed by atoms with Gasteiger partial charge in [-0.25, -0.2) is 4.99 Å². The first-order valence-electron chi connectivity index (χ1n) is 9.83. The fourth-order valence-electron chi connectivity index (χ4n) is 3.33. The number of benzene rings is 2. The number of ether oxygens (including phenoxy) is 1. The van der Waals surface area contributed by atoms with Gasteiger partial charge < -0.3 is 9.84 Å². The van der Waals surface area contributed by atoms with Crippen molar-refractivity contribution in [2.24, 2.45) is 4.99 Å². The Hall–Kier alpha value is -2.88. The highest BCUT2D eigenvalue weighted by atomic mass is 16.5. The Bertz CT molecular complexity index is 1060. The maximum atomic E-state index is 12.7. The van der Waals surface area contributed by atoms with E-state index in [1.165, 1.54) is 0 Å². The number of hydrogen-bond acceptors (Lipinski definition) is 4. The van der Waals surface area contributed by atoms with Crippen molar-refractivity contribution in [1.82, 2.24) is 0 Å². The van der Waals surface area contributed by atoms with E-state index in [0.29, 0.717) is 11.3 Å². The molecule has 3 rings (SSSR count). The molecular formula is C25H29NO3. The maximum absolute atomic E-state index is 12.7. The Morgan fingerprint density at radius 1 is 1.03 bits per heavy atom. The molecule has 0 saturated heterocycles. The molecule has 4 nitrogen and oxygen atoms in total. The van der Waals surface area contributed by atoms with Crippen molar-refractivity contribution >= 4 is 18.1 Å². The zero-order valence-electron chi connectivity index (χ0n) is 18.0. The molecule has 0 saturated carbocycles. The van der Waals surface area contributed by atoms with E-state index in [1.54, 1.807) is 24.5 Å². The molecule has 0 spiro atoms. The second-order valence-electron chi connectivity index (χ2n) is 9.51. The summed E-state index contributed by atoms with van der Waals surface area (Å²) in [6.07, 6.45) is 5.05. The summed E-state index contributed by atoms with van der Waals surface area (Å²) in [6.45, 7) is 12.7. The van der Waals surface area contributed by atoms with E-state index in [2.05, 4.69) is 46.5 Å². The molecule has 0 amide bonds. The Labute approximate surface area is 172 Å². The second kappa shape index (κ2) is 7.51. The van der Waals surface area contributed by atoms with Gasteiger partial charge in [-0.1, -0.05) is 53.7 Å². The lowest BCUT2D eigenvalue weighted by Crippen LogP contribution is -2.29. The van der Waals surface area contributed by atoms with Gasteiger partial charge in [0.05, 0.1) is 11.6 Å². The minimum absolute atomic E-state index is 0.0859. The summed E-state index contributed by atoms with van der Waals surface area (Å²) in [7, 11) is 0. The van der Waals surface area contributed by atoms with Crippen LogP contribution in [0.15, 0.2) is 41.4 Å². The van der Waals surface area contributed by atoms with Crippen LogP contribution in [0.4, 0.5) is 0 Å². The molecule has 0 aliphatic carbocycles. The summed E-state index contributed by atoms with van der Waals surface area (Å²) >= 11 is 0. The lowest BCUT2D eigenvalue weighted by Gasteiger charge is -2.27. The third-order valence-corrected chi connectivity index (χ3v) is 5.01. The average molecular weight is 392 g/mol. The summed E-state index contributed by atoms with van der Waals surface area (Å²) in [4.78, 5) is 17.0. The lowest BCUT2D eigenvalue weighted by molar-refractivity contribution is 0.104. The van der Waals surface area contributed by atoms with Gasteiger partial charge in [0.2, 0.25) is 0 Å². The summed E-state index contributed by atoms with van der Waals surface area (Å²) in [5.74, 6) is 0.250. The number of allylic oxidation sites excluding steroid dienone is 1. The largest absolute Gasteiger partial charge is 0.507 e. The van der Waals surface area contributed by atoms with Crippen LogP contribution < -0.4 is 10.6 Å². The van der Waals surface area contributed by atoms with Crippen molar-refractivity contribution in [2.45, 2.75) is 52.4 Å². The van der Waals surface area contributed by atoms with Gasteiger partial charge in [0, 0.05) is 21.9 Å². The molecule has 4 heteroatoms. The fraction of sp³-hybridized carbons (Fsp3) is 0.360. The predicted octanol–water partition coefficient (Wildman–Crippen LogP) is 4.23. The third-order valence-electron chi connectivity index (χ3n) is 5.01. The molecular weight excluding hydrogens is 362 g/mol. The highest BCUT2D eigenvalue weighted by molar-refractivity contribution is 6.06. The molecule has 29 heavy (non-hydrogen) atoms. The summed E-state index contributed by atoms with van der Waals surface area (Å²) in [5.41, 5.74) is 2.81. The topological polar surface area (TPSA) is 58.9 Å². The van der Waals surface area contributed by atoms with Crippen molar-refractivity contribution in [3.63, 3.8) is 0 Å². The SMILES string of the molecule is CC(C)(C)c1cc(C=CC(=O)c2ccc3c(c2)=NCOC=3)cc(C(C)(C)C)c1O. The summed E-state index contributed by atoms with van der Waals surface area (Å²) in [6, 6.07) is 9.34. The maximum Gasteiger partial charge on any atom is 0.185 e. The summed E-state index contributed by atoms with van der Waals surface area (Å²) < 4.78 is 5.18. The third kappa shape index (κ3) is 4.58. The minimum atomic E-state index is -0.212. The number of nitrogens with zero attached hydrogens (tertiary/aromatic N) is 1. The minimum Gasteiger partial charge on any atom is -0.507 e. The number of phenolic OH excluding ortho intramolecular Hbond substituents is 1. The van der Waals surface area contributed by atoms with Crippen LogP contribution in [-0.2, 0) is 15.6 Å². The van der Waals surface area contributed by atoms with Crippen LogP contribution in [0.3, 0.4) is 0 Å². The van der Waals surface area contributed by atoms with Gasteiger partial charge in [-0.05, 0) is 46.7 Å². The van der Waals surface area contributed by atoms with Crippen molar-refractivity contribution in [2.75, 3.05) is 6.73 Å². The molecule has 0 atom stereocenters. The van der Waals surface area contributed by atoms with E-state index < -0.39 is 0 Å². The number of carbonyl (C=O) groups excluding carboxylic acids is 1. The Kier molecular flexibility index (Phi) is 5.40. The lowest BCUT2D eigenvalue weighted by atomic mass is 9.78. The molecule has 2 aromatic carbocycles. The normalized spacial score (nSPS) is 14.0. The molecule has 1 N–H and O–H groups in total. The van der Waals surface area contributed by atoms with Crippen LogP contribution in [0.5, 0.6) is 5.75 Å². The van der Waals surface area contributed by atoms with Crippen LogP contribution in [0.2, 0.25) is 0 Å². The average Bonchev–Trinajstić information content (AvgIpc) is 2.64. The monoisotopic (exact) mass is 391 g/mol. The van der Waals surface area contributed by atoms with Crippen LogP contribution in [0, 0.1) is 0 Å². The highest BCUT2D eigenvalue weighted by Crippen LogP contribution is 2.40. The molecule has 1 aliphatic rings. The molecule has 152 valence electrons. The fourth-order valence-corrected chi connectivity index (χ4v) is 3.33. The molecule has 0 aromatic heterocycles. The van der Waals surface area contributed by atoms with Gasteiger partial charge in [-0.3, -0.25) is 4.79 Å².